The molecule has 2 rings (SSSR count). The number of benzene rings is 1. The average molecular weight is 254 g/mol. The number of hydrogen-bond acceptors (Lipinski definition) is 3. The summed E-state index contributed by atoms with van der Waals surface area (Å²) in [5.41, 5.74) is 0.505. The molecule has 0 spiro atoms. The molecule has 0 aliphatic carbocycles. The summed E-state index contributed by atoms with van der Waals surface area (Å²) in [6, 6.07) is 4.88. The minimum atomic E-state index is -0.178. The number of carbonyl (C=O) groups is 2. The number of hydrogen-bond donors (Lipinski definition) is 0. The SMILES string of the molecule is COc1ccc(N2C(=O)CCCC2=O)cc1Cl. The van der Waals surface area contributed by atoms with Gasteiger partial charge in [0.15, 0.2) is 0 Å². The molecule has 0 atom stereocenters. The number of halogens is 1. The molecule has 1 heterocycles. The summed E-state index contributed by atoms with van der Waals surface area (Å²) in [7, 11) is 1.51. The zero-order valence-corrected chi connectivity index (χ0v) is 10.2. The Kier molecular flexibility index (Phi) is 3.33. The van der Waals surface area contributed by atoms with Gasteiger partial charge in [0.1, 0.15) is 5.75 Å². The minimum Gasteiger partial charge on any atom is -0.495 e. The molecule has 0 saturated carbocycles. The molecule has 0 unspecified atom stereocenters. The van der Waals surface area contributed by atoms with Crippen molar-refractivity contribution in [2.75, 3.05) is 12.0 Å². The van der Waals surface area contributed by atoms with Gasteiger partial charge in [-0.1, -0.05) is 11.6 Å². The van der Waals surface area contributed by atoms with E-state index in [2.05, 4.69) is 0 Å². The van der Waals surface area contributed by atoms with Crippen LogP contribution in [0.5, 0.6) is 5.75 Å². The third-order valence-electron chi connectivity index (χ3n) is 2.67. The fourth-order valence-electron chi connectivity index (χ4n) is 1.84. The molecule has 1 aliphatic heterocycles. The summed E-state index contributed by atoms with van der Waals surface area (Å²) >= 11 is 5.97. The molecule has 0 radical (unpaired) electrons. The molecule has 1 saturated heterocycles. The van der Waals surface area contributed by atoms with Crippen molar-refractivity contribution in [3.8, 4) is 5.75 Å². The van der Waals surface area contributed by atoms with Gasteiger partial charge in [-0.2, -0.15) is 0 Å². The number of carbonyl (C=O) groups excluding carboxylic acids is 2. The number of piperidine rings is 1. The molecule has 5 heteroatoms. The molecule has 0 aromatic heterocycles. The van der Waals surface area contributed by atoms with Crippen LogP contribution in [0.1, 0.15) is 19.3 Å². The Morgan fingerprint density at radius 1 is 1.24 bits per heavy atom. The second kappa shape index (κ2) is 4.75. The van der Waals surface area contributed by atoms with Crippen molar-refractivity contribution in [1.82, 2.24) is 0 Å². The van der Waals surface area contributed by atoms with Crippen molar-refractivity contribution in [3.05, 3.63) is 23.2 Å². The van der Waals surface area contributed by atoms with Crippen LogP contribution in [0.25, 0.3) is 0 Å². The average Bonchev–Trinajstić information content (AvgIpc) is 2.29. The monoisotopic (exact) mass is 253 g/mol. The van der Waals surface area contributed by atoms with E-state index < -0.39 is 0 Å². The van der Waals surface area contributed by atoms with Crippen LogP contribution in [0, 0.1) is 0 Å². The van der Waals surface area contributed by atoms with Crippen molar-refractivity contribution in [2.45, 2.75) is 19.3 Å². The number of anilines is 1. The fourth-order valence-corrected chi connectivity index (χ4v) is 2.09. The third kappa shape index (κ3) is 2.26. The second-order valence-electron chi connectivity index (χ2n) is 3.80. The lowest BCUT2D eigenvalue weighted by molar-refractivity contribution is -0.129. The Hall–Kier alpha value is -1.55. The summed E-state index contributed by atoms with van der Waals surface area (Å²) in [6.07, 6.45) is 1.42. The second-order valence-corrected chi connectivity index (χ2v) is 4.20. The summed E-state index contributed by atoms with van der Waals surface area (Å²) in [6.45, 7) is 0. The molecule has 0 N–H and O–H groups in total. The molecule has 2 amide bonds. The summed E-state index contributed by atoms with van der Waals surface area (Å²) in [5, 5.41) is 0.385. The lowest BCUT2D eigenvalue weighted by Crippen LogP contribution is -2.40. The first kappa shape index (κ1) is 11.9. The Morgan fingerprint density at radius 3 is 2.41 bits per heavy atom. The Balaban J connectivity index is 2.35. The van der Waals surface area contributed by atoms with Gasteiger partial charge in [0.25, 0.3) is 0 Å². The normalized spacial score (nSPS) is 16.2. The van der Waals surface area contributed by atoms with E-state index in [-0.39, 0.29) is 11.8 Å². The van der Waals surface area contributed by atoms with Crippen LogP contribution < -0.4 is 9.64 Å². The van der Waals surface area contributed by atoms with Crippen molar-refractivity contribution >= 4 is 29.1 Å². The predicted octanol–water partition coefficient (Wildman–Crippen LogP) is 2.39. The number of ether oxygens (including phenoxy) is 1. The van der Waals surface area contributed by atoms with Crippen LogP contribution in [0.15, 0.2) is 18.2 Å². The molecule has 1 aliphatic rings. The van der Waals surface area contributed by atoms with Crippen LogP contribution in [0.4, 0.5) is 5.69 Å². The van der Waals surface area contributed by atoms with Gasteiger partial charge in [-0.3, -0.25) is 14.5 Å². The maximum absolute atomic E-state index is 11.7. The largest absolute Gasteiger partial charge is 0.495 e. The highest BCUT2D eigenvalue weighted by Crippen LogP contribution is 2.31. The molecule has 0 bridgehead atoms. The van der Waals surface area contributed by atoms with Gasteiger partial charge < -0.3 is 4.74 Å². The van der Waals surface area contributed by atoms with Crippen molar-refractivity contribution < 1.29 is 14.3 Å². The van der Waals surface area contributed by atoms with E-state index in [1.807, 2.05) is 0 Å². The van der Waals surface area contributed by atoms with Crippen LogP contribution in [0.2, 0.25) is 5.02 Å². The lowest BCUT2D eigenvalue weighted by atomic mass is 10.1. The molecule has 90 valence electrons. The van der Waals surface area contributed by atoms with Crippen LogP contribution in [0.3, 0.4) is 0 Å². The highest BCUT2D eigenvalue weighted by molar-refractivity contribution is 6.32. The van der Waals surface area contributed by atoms with E-state index in [0.717, 1.165) is 0 Å². The molecule has 1 aromatic carbocycles. The summed E-state index contributed by atoms with van der Waals surface area (Å²) < 4.78 is 5.02. The maximum atomic E-state index is 11.7. The lowest BCUT2D eigenvalue weighted by Gasteiger charge is -2.25. The van der Waals surface area contributed by atoms with Gasteiger partial charge in [0.2, 0.25) is 11.8 Å². The number of imide groups is 1. The van der Waals surface area contributed by atoms with E-state index >= 15 is 0 Å². The summed E-state index contributed by atoms with van der Waals surface area (Å²) in [5.74, 6) is 0.164. The molecular weight excluding hydrogens is 242 g/mol. The van der Waals surface area contributed by atoms with E-state index in [9.17, 15) is 9.59 Å². The van der Waals surface area contributed by atoms with E-state index in [1.165, 1.54) is 12.0 Å². The smallest absolute Gasteiger partial charge is 0.233 e. The van der Waals surface area contributed by atoms with E-state index in [0.29, 0.717) is 35.7 Å². The van der Waals surface area contributed by atoms with E-state index in [4.69, 9.17) is 16.3 Å². The minimum absolute atomic E-state index is 0.178. The maximum Gasteiger partial charge on any atom is 0.233 e. The van der Waals surface area contributed by atoms with Gasteiger partial charge in [0.05, 0.1) is 17.8 Å². The van der Waals surface area contributed by atoms with Gasteiger partial charge in [0, 0.05) is 12.8 Å². The predicted molar refractivity (Wildman–Crippen MR) is 64.3 cm³/mol. The van der Waals surface area contributed by atoms with Gasteiger partial charge in [-0.25, -0.2) is 0 Å². The molecule has 4 nitrogen and oxygen atoms in total. The van der Waals surface area contributed by atoms with Gasteiger partial charge in [-0.05, 0) is 24.6 Å². The third-order valence-corrected chi connectivity index (χ3v) is 2.97. The van der Waals surface area contributed by atoms with E-state index in [1.54, 1.807) is 18.2 Å². The zero-order valence-electron chi connectivity index (χ0n) is 9.40. The van der Waals surface area contributed by atoms with Crippen molar-refractivity contribution in [2.24, 2.45) is 0 Å². The highest BCUT2D eigenvalue weighted by atomic mass is 35.5. The molecule has 17 heavy (non-hydrogen) atoms. The molecule has 1 fully saturated rings. The van der Waals surface area contributed by atoms with Crippen LogP contribution >= 0.6 is 11.6 Å². The highest BCUT2D eigenvalue weighted by Gasteiger charge is 2.27. The Labute approximate surface area is 104 Å². The van der Waals surface area contributed by atoms with Gasteiger partial charge in [-0.15, -0.1) is 0 Å². The number of methoxy groups -OCH3 is 1. The van der Waals surface area contributed by atoms with Crippen LogP contribution in [-0.2, 0) is 9.59 Å². The first-order valence-corrected chi connectivity index (χ1v) is 5.70. The van der Waals surface area contributed by atoms with Gasteiger partial charge >= 0.3 is 0 Å². The topological polar surface area (TPSA) is 46.6 Å². The fraction of sp³-hybridized carbons (Fsp3) is 0.333. The number of nitrogens with zero attached hydrogens (tertiary/aromatic N) is 1. The quantitative estimate of drug-likeness (QED) is 0.761. The van der Waals surface area contributed by atoms with Crippen molar-refractivity contribution in [3.63, 3.8) is 0 Å². The standard InChI is InChI=1S/C12H12ClNO3/c1-17-10-6-5-8(7-9(10)13)14-11(15)3-2-4-12(14)16/h5-7H,2-4H2,1H3. The zero-order chi connectivity index (χ0) is 12.4. The Morgan fingerprint density at radius 2 is 1.88 bits per heavy atom. The first-order valence-electron chi connectivity index (χ1n) is 5.33. The van der Waals surface area contributed by atoms with Crippen molar-refractivity contribution in [1.29, 1.82) is 0 Å². The molecule has 1 aromatic rings. The summed E-state index contributed by atoms with van der Waals surface area (Å²) in [4.78, 5) is 24.6. The first-order chi connectivity index (χ1) is 8.13. The molecular formula is C12H12ClNO3. The number of rotatable bonds is 2. The van der Waals surface area contributed by atoms with Crippen LogP contribution in [-0.4, -0.2) is 18.9 Å². The Bertz CT molecular complexity index is 457. The number of amides is 2.